The maximum atomic E-state index is 13.2. The fourth-order valence-corrected chi connectivity index (χ4v) is 4.09. The second kappa shape index (κ2) is 7.29. The summed E-state index contributed by atoms with van der Waals surface area (Å²) >= 11 is 0. The van der Waals surface area contributed by atoms with Gasteiger partial charge in [-0.25, -0.2) is 25.9 Å². The highest BCUT2D eigenvalue weighted by Gasteiger charge is 2.16. The topological polar surface area (TPSA) is 92.3 Å². The van der Waals surface area contributed by atoms with E-state index in [-0.39, 0.29) is 15.5 Å². The first-order chi connectivity index (χ1) is 11.2. The van der Waals surface area contributed by atoms with Gasteiger partial charge in [-0.1, -0.05) is 13.0 Å². The van der Waals surface area contributed by atoms with Crippen LogP contribution >= 0.6 is 0 Å². The minimum atomic E-state index is -3.95. The number of nitrogens with one attached hydrogen (secondary N) is 2. The molecule has 6 nitrogen and oxygen atoms in total. The minimum Gasteiger partial charge on any atom is -0.280 e. The summed E-state index contributed by atoms with van der Waals surface area (Å²) in [6.45, 7) is 2.16. The highest BCUT2D eigenvalue weighted by Crippen LogP contribution is 2.19. The summed E-state index contributed by atoms with van der Waals surface area (Å²) in [7, 11) is -7.57. The number of rotatable bonds is 7. The molecule has 24 heavy (non-hydrogen) atoms. The first kappa shape index (κ1) is 18.4. The van der Waals surface area contributed by atoms with Gasteiger partial charge in [-0.2, -0.15) is 0 Å². The fourth-order valence-electron chi connectivity index (χ4n) is 1.87. The molecule has 2 rings (SSSR count). The standard InChI is InChI=1S/C15H17FN2O4S2/c1-2-10-17-23(19,20)14-8-6-13(7-9-14)18-24(21,22)15-5-3-4-12(16)11-15/h3-9,11,17-18H,2,10H2,1H3. The third kappa shape index (κ3) is 4.53. The molecule has 0 aliphatic carbocycles. The second-order valence-electron chi connectivity index (χ2n) is 4.99. The molecule has 0 amide bonds. The summed E-state index contributed by atoms with van der Waals surface area (Å²) in [5.41, 5.74) is 0.175. The summed E-state index contributed by atoms with van der Waals surface area (Å²) in [6, 6.07) is 9.84. The van der Waals surface area contributed by atoms with Crippen molar-refractivity contribution in [1.29, 1.82) is 0 Å². The molecule has 0 bridgehead atoms. The summed E-state index contributed by atoms with van der Waals surface area (Å²) in [5, 5.41) is 0. The number of halogens is 1. The summed E-state index contributed by atoms with van der Waals surface area (Å²) in [5.74, 6) is -0.665. The smallest absolute Gasteiger partial charge is 0.261 e. The molecular weight excluding hydrogens is 355 g/mol. The normalized spacial score (nSPS) is 12.1. The predicted molar refractivity (Wildman–Crippen MR) is 89.1 cm³/mol. The van der Waals surface area contributed by atoms with Crippen LogP contribution in [-0.2, 0) is 20.0 Å². The van der Waals surface area contributed by atoms with Crippen LogP contribution in [0, 0.1) is 5.82 Å². The van der Waals surface area contributed by atoms with E-state index in [0.29, 0.717) is 13.0 Å². The van der Waals surface area contributed by atoms with Gasteiger partial charge >= 0.3 is 0 Å². The van der Waals surface area contributed by atoms with Gasteiger partial charge in [0.25, 0.3) is 10.0 Å². The molecule has 0 atom stereocenters. The van der Waals surface area contributed by atoms with Gasteiger partial charge in [-0.05, 0) is 48.9 Å². The average molecular weight is 372 g/mol. The Morgan fingerprint density at radius 2 is 1.58 bits per heavy atom. The van der Waals surface area contributed by atoms with Gasteiger partial charge in [0.2, 0.25) is 10.0 Å². The SMILES string of the molecule is CCCNS(=O)(=O)c1ccc(NS(=O)(=O)c2cccc(F)c2)cc1. The van der Waals surface area contributed by atoms with E-state index >= 15 is 0 Å². The van der Waals surface area contributed by atoms with E-state index in [2.05, 4.69) is 9.44 Å². The van der Waals surface area contributed by atoms with Crippen LogP contribution in [0.2, 0.25) is 0 Å². The monoisotopic (exact) mass is 372 g/mol. The van der Waals surface area contributed by atoms with Crippen LogP contribution in [0.1, 0.15) is 13.3 Å². The van der Waals surface area contributed by atoms with Gasteiger partial charge in [-0.3, -0.25) is 4.72 Å². The van der Waals surface area contributed by atoms with E-state index in [1.165, 1.54) is 36.4 Å². The van der Waals surface area contributed by atoms with Crippen LogP contribution in [0.4, 0.5) is 10.1 Å². The quantitative estimate of drug-likeness (QED) is 0.780. The molecule has 0 spiro atoms. The van der Waals surface area contributed by atoms with E-state index in [1.54, 1.807) is 0 Å². The van der Waals surface area contributed by atoms with Crippen molar-refractivity contribution in [2.75, 3.05) is 11.3 Å². The Morgan fingerprint density at radius 1 is 0.917 bits per heavy atom. The third-order valence-electron chi connectivity index (χ3n) is 3.07. The molecule has 0 aliphatic heterocycles. The molecular formula is C15H17FN2O4S2. The summed E-state index contributed by atoms with van der Waals surface area (Å²) in [4.78, 5) is -0.187. The number of sulfonamides is 2. The van der Waals surface area contributed by atoms with E-state index in [4.69, 9.17) is 0 Å². The Morgan fingerprint density at radius 3 is 2.17 bits per heavy atom. The average Bonchev–Trinajstić information content (AvgIpc) is 2.53. The zero-order valence-corrected chi connectivity index (χ0v) is 14.5. The molecule has 0 aromatic heterocycles. The Bertz CT molecular complexity index is 911. The van der Waals surface area contributed by atoms with Gasteiger partial charge in [-0.15, -0.1) is 0 Å². The first-order valence-electron chi connectivity index (χ1n) is 7.13. The molecule has 2 aromatic rings. The molecule has 0 fully saturated rings. The molecule has 0 heterocycles. The van der Waals surface area contributed by atoms with Crippen LogP contribution in [-0.4, -0.2) is 23.4 Å². The van der Waals surface area contributed by atoms with Crippen LogP contribution in [0.25, 0.3) is 0 Å². The largest absolute Gasteiger partial charge is 0.280 e. The molecule has 0 saturated carbocycles. The third-order valence-corrected chi connectivity index (χ3v) is 5.92. The van der Waals surface area contributed by atoms with Gasteiger partial charge in [0, 0.05) is 12.2 Å². The lowest BCUT2D eigenvalue weighted by Gasteiger charge is -2.10. The van der Waals surface area contributed by atoms with Gasteiger partial charge in [0.1, 0.15) is 5.82 Å². The maximum absolute atomic E-state index is 13.2. The van der Waals surface area contributed by atoms with E-state index < -0.39 is 25.9 Å². The highest BCUT2D eigenvalue weighted by molar-refractivity contribution is 7.92. The Hall–Kier alpha value is -1.97. The fraction of sp³-hybridized carbons (Fsp3) is 0.200. The lowest BCUT2D eigenvalue weighted by atomic mass is 10.3. The first-order valence-corrected chi connectivity index (χ1v) is 10.1. The van der Waals surface area contributed by atoms with Crippen LogP contribution in [0.15, 0.2) is 58.3 Å². The van der Waals surface area contributed by atoms with Crippen LogP contribution in [0.5, 0.6) is 0 Å². The molecule has 0 aliphatic rings. The Balaban J connectivity index is 2.20. The number of anilines is 1. The van der Waals surface area contributed by atoms with Crippen molar-refractivity contribution < 1.29 is 21.2 Å². The van der Waals surface area contributed by atoms with Gasteiger partial charge in [0.05, 0.1) is 9.79 Å². The lowest BCUT2D eigenvalue weighted by molar-refractivity contribution is 0.581. The van der Waals surface area contributed by atoms with Crippen molar-refractivity contribution in [3.8, 4) is 0 Å². The Labute approximate surface area is 140 Å². The maximum Gasteiger partial charge on any atom is 0.261 e. The molecule has 0 radical (unpaired) electrons. The predicted octanol–water partition coefficient (Wildman–Crippen LogP) is 2.31. The van der Waals surface area contributed by atoms with Crippen molar-refractivity contribution in [2.45, 2.75) is 23.1 Å². The van der Waals surface area contributed by atoms with E-state index in [1.807, 2.05) is 6.92 Å². The highest BCUT2D eigenvalue weighted by atomic mass is 32.2. The molecule has 130 valence electrons. The lowest BCUT2D eigenvalue weighted by Crippen LogP contribution is -2.24. The van der Waals surface area contributed by atoms with E-state index in [0.717, 1.165) is 12.1 Å². The van der Waals surface area contributed by atoms with Crippen LogP contribution < -0.4 is 9.44 Å². The zero-order chi connectivity index (χ0) is 17.8. The molecule has 0 unspecified atom stereocenters. The minimum absolute atomic E-state index is 0.0321. The molecule has 0 saturated heterocycles. The van der Waals surface area contributed by atoms with Gasteiger partial charge in [0.15, 0.2) is 0 Å². The number of benzene rings is 2. The van der Waals surface area contributed by atoms with Crippen molar-refractivity contribution in [1.82, 2.24) is 4.72 Å². The van der Waals surface area contributed by atoms with E-state index in [9.17, 15) is 21.2 Å². The van der Waals surface area contributed by atoms with Gasteiger partial charge < -0.3 is 0 Å². The van der Waals surface area contributed by atoms with Crippen molar-refractivity contribution in [2.24, 2.45) is 0 Å². The summed E-state index contributed by atoms with van der Waals surface area (Å²) < 4.78 is 66.1. The van der Waals surface area contributed by atoms with Crippen molar-refractivity contribution >= 4 is 25.7 Å². The summed E-state index contributed by atoms with van der Waals surface area (Å²) in [6.07, 6.45) is 0.657. The molecule has 9 heteroatoms. The molecule has 2 N–H and O–H groups in total. The van der Waals surface area contributed by atoms with Crippen LogP contribution in [0.3, 0.4) is 0 Å². The Kier molecular flexibility index (Phi) is 5.58. The second-order valence-corrected chi connectivity index (χ2v) is 8.43. The number of hydrogen-bond donors (Lipinski definition) is 2. The molecule has 2 aromatic carbocycles. The zero-order valence-electron chi connectivity index (χ0n) is 12.9. The van der Waals surface area contributed by atoms with Crippen molar-refractivity contribution in [3.05, 3.63) is 54.3 Å². The van der Waals surface area contributed by atoms with Crippen molar-refractivity contribution in [3.63, 3.8) is 0 Å². The number of hydrogen-bond acceptors (Lipinski definition) is 4.